The third-order valence-corrected chi connectivity index (χ3v) is 7.64. The molecule has 1 aliphatic heterocycles. The van der Waals surface area contributed by atoms with Crippen LogP contribution < -0.4 is 10.1 Å². The van der Waals surface area contributed by atoms with Crippen LogP contribution in [-0.4, -0.2) is 47.5 Å². The Bertz CT molecular complexity index is 1200. The molecule has 4 rings (SSSR count). The van der Waals surface area contributed by atoms with Gasteiger partial charge in [-0.1, -0.05) is 36.8 Å². The van der Waals surface area contributed by atoms with Gasteiger partial charge < -0.3 is 19.9 Å². The van der Waals surface area contributed by atoms with Crippen LogP contribution in [0.15, 0.2) is 60.0 Å². The topological polar surface area (TPSA) is 61.9 Å². The number of carbonyl (C=O) groups is 2. The van der Waals surface area contributed by atoms with Crippen molar-refractivity contribution in [1.29, 1.82) is 0 Å². The average molecular weight is 510 g/mol. The number of rotatable bonds is 8. The number of ether oxygens (including phenoxy) is 1. The third-order valence-electron chi connectivity index (χ3n) is 6.64. The van der Waals surface area contributed by atoms with Crippen LogP contribution >= 0.6 is 11.3 Å². The Balaban J connectivity index is 1.51. The molecular weight excluding hydrogens is 477 g/mol. The number of thiophene rings is 1. The Labute approximate surface area is 215 Å². The summed E-state index contributed by atoms with van der Waals surface area (Å²) >= 11 is 1.66. The normalized spacial score (nSPS) is 15.7. The molecule has 0 spiro atoms. The first-order valence-electron chi connectivity index (χ1n) is 12.2. The zero-order valence-corrected chi connectivity index (χ0v) is 21.7. The van der Waals surface area contributed by atoms with Crippen molar-refractivity contribution < 1.29 is 18.7 Å². The fourth-order valence-corrected chi connectivity index (χ4v) is 5.25. The molecule has 2 atom stereocenters. The van der Waals surface area contributed by atoms with E-state index >= 15 is 0 Å². The number of hydrogen-bond donors (Lipinski definition) is 1. The lowest BCUT2D eigenvalue weighted by Crippen LogP contribution is -2.50. The fraction of sp³-hybridized carbons (Fsp3) is 0.357. The van der Waals surface area contributed by atoms with Crippen molar-refractivity contribution >= 4 is 29.0 Å². The third kappa shape index (κ3) is 5.87. The second kappa shape index (κ2) is 11.6. The number of halogens is 1. The van der Waals surface area contributed by atoms with Gasteiger partial charge in [0, 0.05) is 23.2 Å². The SMILES string of the molecule is CC[C@H](C)N(CC(=O)N1CCc2sccc2[C@H]1COc1ccccc1F)C(=O)Nc1ccc(C)cc1. The summed E-state index contributed by atoms with van der Waals surface area (Å²) in [4.78, 5) is 31.4. The van der Waals surface area contributed by atoms with E-state index in [1.54, 1.807) is 39.3 Å². The van der Waals surface area contributed by atoms with E-state index in [-0.39, 0.29) is 42.9 Å². The van der Waals surface area contributed by atoms with Crippen molar-refractivity contribution in [3.8, 4) is 5.75 Å². The molecule has 1 aromatic heterocycles. The molecule has 0 unspecified atom stereocenters. The number of amides is 3. The molecule has 2 aromatic carbocycles. The minimum atomic E-state index is -0.438. The largest absolute Gasteiger partial charge is 0.488 e. The number of nitrogens with zero attached hydrogens (tertiary/aromatic N) is 2. The van der Waals surface area contributed by atoms with E-state index in [0.717, 1.165) is 17.5 Å². The van der Waals surface area contributed by atoms with Crippen LogP contribution in [0.3, 0.4) is 0 Å². The summed E-state index contributed by atoms with van der Waals surface area (Å²) in [6, 6.07) is 15.0. The predicted molar refractivity (Wildman–Crippen MR) is 141 cm³/mol. The van der Waals surface area contributed by atoms with Crippen LogP contribution in [0.5, 0.6) is 5.75 Å². The summed E-state index contributed by atoms with van der Waals surface area (Å²) in [7, 11) is 0. The molecule has 6 nitrogen and oxygen atoms in total. The highest BCUT2D eigenvalue weighted by Gasteiger charge is 2.34. The summed E-state index contributed by atoms with van der Waals surface area (Å²) in [5.74, 6) is -0.438. The predicted octanol–water partition coefficient (Wildman–Crippen LogP) is 6.03. The van der Waals surface area contributed by atoms with Crippen LogP contribution in [0.1, 0.15) is 42.3 Å². The van der Waals surface area contributed by atoms with Crippen LogP contribution in [-0.2, 0) is 11.2 Å². The molecule has 3 aromatic rings. The highest BCUT2D eigenvalue weighted by Crippen LogP contribution is 2.34. The molecule has 0 radical (unpaired) electrons. The molecule has 3 amide bonds. The maximum atomic E-state index is 14.2. The number of urea groups is 1. The lowest BCUT2D eigenvalue weighted by molar-refractivity contribution is -0.135. The van der Waals surface area contributed by atoms with Crippen LogP contribution in [0, 0.1) is 12.7 Å². The number of nitrogens with one attached hydrogen (secondary N) is 1. The summed E-state index contributed by atoms with van der Waals surface area (Å²) in [6.07, 6.45) is 1.46. The molecule has 1 N–H and O–H groups in total. The molecule has 1 aliphatic rings. The zero-order valence-electron chi connectivity index (χ0n) is 20.9. The number of benzene rings is 2. The molecule has 0 saturated carbocycles. The van der Waals surface area contributed by atoms with Crippen molar-refractivity contribution in [3.63, 3.8) is 0 Å². The van der Waals surface area contributed by atoms with Crippen molar-refractivity contribution in [2.45, 2.75) is 45.7 Å². The molecule has 2 heterocycles. The van der Waals surface area contributed by atoms with Gasteiger partial charge in [-0.2, -0.15) is 0 Å². The standard InChI is InChI=1S/C28H32FN3O3S/c1-4-20(3)32(28(34)30-21-11-9-19(2)10-12-21)17-27(33)31-15-13-26-22(14-16-36-26)24(31)18-35-25-8-6-5-7-23(25)29/h5-12,14,16,20,24H,4,13,15,17-18H2,1-3H3,(H,30,34)/t20-,24+/m0/s1. The molecule has 0 fully saturated rings. The van der Waals surface area contributed by atoms with E-state index < -0.39 is 5.82 Å². The molecule has 8 heteroatoms. The Morgan fingerprint density at radius 3 is 2.67 bits per heavy atom. The van der Waals surface area contributed by atoms with Gasteiger partial charge >= 0.3 is 6.03 Å². The summed E-state index contributed by atoms with van der Waals surface area (Å²) in [5, 5.41) is 4.93. The number of fused-ring (bicyclic) bond motifs is 1. The van der Waals surface area contributed by atoms with Gasteiger partial charge in [0.15, 0.2) is 11.6 Å². The number of para-hydroxylation sites is 1. The molecule has 0 aliphatic carbocycles. The van der Waals surface area contributed by atoms with Gasteiger partial charge in [-0.25, -0.2) is 9.18 Å². The smallest absolute Gasteiger partial charge is 0.322 e. The minimum absolute atomic E-state index is 0.0532. The van der Waals surface area contributed by atoms with Crippen LogP contribution in [0.4, 0.5) is 14.9 Å². The molecule has 0 bridgehead atoms. The molecule has 190 valence electrons. The highest BCUT2D eigenvalue weighted by molar-refractivity contribution is 7.10. The lowest BCUT2D eigenvalue weighted by Gasteiger charge is -2.38. The molecule has 0 saturated heterocycles. The second-order valence-corrected chi connectivity index (χ2v) is 10.1. The number of anilines is 1. The van der Waals surface area contributed by atoms with E-state index in [2.05, 4.69) is 5.32 Å². The lowest BCUT2D eigenvalue weighted by atomic mass is 10.00. The second-order valence-electron chi connectivity index (χ2n) is 9.07. The van der Waals surface area contributed by atoms with Crippen LogP contribution in [0.2, 0.25) is 0 Å². The summed E-state index contributed by atoms with van der Waals surface area (Å²) in [5.41, 5.74) is 2.81. The monoisotopic (exact) mass is 509 g/mol. The highest BCUT2D eigenvalue weighted by atomic mass is 32.1. The van der Waals surface area contributed by atoms with Gasteiger partial charge in [-0.3, -0.25) is 4.79 Å². The van der Waals surface area contributed by atoms with Crippen molar-refractivity contribution in [2.24, 2.45) is 0 Å². The first-order chi connectivity index (χ1) is 17.4. The van der Waals surface area contributed by atoms with Crippen molar-refractivity contribution in [2.75, 3.05) is 25.0 Å². The minimum Gasteiger partial charge on any atom is -0.488 e. The fourth-order valence-electron chi connectivity index (χ4n) is 4.32. The Morgan fingerprint density at radius 2 is 1.94 bits per heavy atom. The van der Waals surface area contributed by atoms with E-state index in [9.17, 15) is 14.0 Å². The van der Waals surface area contributed by atoms with Gasteiger partial charge in [0.1, 0.15) is 13.2 Å². The van der Waals surface area contributed by atoms with Crippen molar-refractivity contribution in [3.05, 3.63) is 81.8 Å². The zero-order chi connectivity index (χ0) is 25.7. The number of hydrogen-bond acceptors (Lipinski definition) is 4. The summed E-state index contributed by atoms with van der Waals surface area (Å²) in [6.45, 7) is 6.52. The Morgan fingerprint density at radius 1 is 1.19 bits per heavy atom. The van der Waals surface area contributed by atoms with E-state index in [1.165, 1.54) is 10.9 Å². The average Bonchev–Trinajstić information content (AvgIpc) is 3.36. The maximum Gasteiger partial charge on any atom is 0.322 e. The van der Waals surface area contributed by atoms with Crippen LogP contribution in [0.25, 0.3) is 0 Å². The maximum absolute atomic E-state index is 14.2. The number of carbonyl (C=O) groups excluding carboxylic acids is 2. The van der Waals surface area contributed by atoms with E-state index in [4.69, 9.17) is 4.74 Å². The molecule has 36 heavy (non-hydrogen) atoms. The first-order valence-corrected chi connectivity index (χ1v) is 13.1. The van der Waals surface area contributed by atoms with Gasteiger partial charge in [-0.05, 0) is 68.0 Å². The first kappa shape index (κ1) is 25.7. The van der Waals surface area contributed by atoms with E-state index in [0.29, 0.717) is 18.7 Å². The molecular formula is C28H32FN3O3S. The quantitative estimate of drug-likeness (QED) is 0.403. The van der Waals surface area contributed by atoms with E-state index in [1.807, 2.05) is 56.5 Å². The van der Waals surface area contributed by atoms with Gasteiger partial charge in [0.25, 0.3) is 0 Å². The van der Waals surface area contributed by atoms with Gasteiger partial charge in [0.2, 0.25) is 5.91 Å². The Kier molecular flexibility index (Phi) is 8.25. The van der Waals surface area contributed by atoms with Gasteiger partial charge in [0.05, 0.1) is 6.04 Å². The summed E-state index contributed by atoms with van der Waals surface area (Å²) < 4.78 is 20.0. The van der Waals surface area contributed by atoms with Gasteiger partial charge in [-0.15, -0.1) is 11.3 Å². The Hall–Kier alpha value is -3.39. The number of aryl methyl sites for hydroxylation is 1. The van der Waals surface area contributed by atoms with Crippen molar-refractivity contribution in [1.82, 2.24) is 9.80 Å².